The van der Waals surface area contributed by atoms with Crippen LogP contribution in [-0.4, -0.2) is 24.5 Å². The van der Waals surface area contributed by atoms with Crippen molar-refractivity contribution in [1.82, 2.24) is 10.2 Å². The number of H-pyrrole nitrogens is 1. The number of rotatable bonds is 8. The zero-order chi connectivity index (χ0) is 23.7. The minimum atomic E-state index is -3.76. The Balaban J connectivity index is 0.00000176. The fraction of sp³-hybridized carbons (Fsp3) is 0.261. The van der Waals surface area contributed by atoms with Gasteiger partial charge in [-0.25, -0.2) is 12.8 Å². The molecular formula is C23H28ClFN4O2S. The summed E-state index contributed by atoms with van der Waals surface area (Å²) in [6.45, 7) is 5.97. The molecule has 6 nitrogen and oxygen atoms in total. The lowest BCUT2D eigenvalue weighted by Crippen LogP contribution is -2.15. The molecule has 3 rings (SSSR count). The second-order valence-electron chi connectivity index (χ2n) is 6.55. The number of benzene rings is 2. The van der Waals surface area contributed by atoms with Crippen LogP contribution in [0.25, 0.3) is 22.0 Å². The number of alkyl halides is 1. The molecule has 0 spiro atoms. The molecule has 2 aromatic carbocycles. The third-order valence-electron chi connectivity index (χ3n) is 4.53. The Hall–Kier alpha value is -2.84. The molecule has 0 aliphatic carbocycles. The summed E-state index contributed by atoms with van der Waals surface area (Å²) in [4.78, 5) is 0.194. The molecule has 172 valence electrons. The molecule has 0 fully saturated rings. The van der Waals surface area contributed by atoms with Crippen LogP contribution in [-0.2, 0) is 10.0 Å². The Morgan fingerprint density at radius 3 is 2.50 bits per heavy atom. The number of halogens is 2. The summed E-state index contributed by atoms with van der Waals surface area (Å²) in [6.07, 6.45) is 6.23. The van der Waals surface area contributed by atoms with Crippen LogP contribution >= 0.6 is 11.6 Å². The van der Waals surface area contributed by atoms with Gasteiger partial charge in [0.1, 0.15) is 5.52 Å². The highest BCUT2D eigenvalue weighted by atomic mass is 35.5. The molecule has 0 saturated carbocycles. The minimum absolute atomic E-state index is 0.0923. The Bertz CT molecular complexity index is 1200. The van der Waals surface area contributed by atoms with E-state index < -0.39 is 15.8 Å². The Morgan fingerprint density at radius 2 is 1.88 bits per heavy atom. The Labute approximate surface area is 193 Å². The molecule has 0 amide bonds. The lowest BCUT2D eigenvalue weighted by atomic mass is 10.0. The van der Waals surface area contributed by atoms with Crippen molar-refractivity contribution in [3.05, 3.63) is 65.3 Å². The molecule has 0 saturated heterocycles. The number of nitrogens with zero attached hydrogens (tertiary/aromatic N) is 1. The molecular weight excluding hydrogens is 451 g/mol. The van der Waals surface area contributed by atoms with E-state index in [0.29, 0.717) is 22.2 Å². The van der Waals surface area contributed by atoms with Crippen molar-refractivity contribution < 1.29 is 12.8 Å². The van der Waals surface area contributed by atoms with Crippen molar-refractivity contribution in [3.8, 4) is 11.1 Å². The number of hydrogen-bond acceptors (Lipinski definition) is 4. The molecule has 1 aromatic heterocycles. The fourth-order valence-corrected chi connectivity index (χ4v) is 4.47. The van der Waals surface area contributed by atoms with Gasteiger partial charge in [-0.15, -0.1) is 11.6 Å². The highest BCUT2D eigenvalue weighted by Gasteiger charge is 2.17. The van der Waals surface area contributed by atoms with E-state index in [9.17, 15) is 12.8 Å². The van der Waals surface area contributed by atoms with E-state index in [4.69, 9.17) is 17.3 Å². The van der Waals surface area contributed by atoms with Crippen LogP contribution in [0, 0.1) is 5.82 Å². The van der Waals surface area contributed by atoms with Crippen molar-refractivity contribution in [2.45, 2.75) is 33.6 Å². The van der Waals surface area contributed by atoms with E-state index in [0.717, 1.165) is 6.42 Å². The average Bonchev–Trinajstić information content (AvgIpc) is 3.17. The summed E-state index contributed by atoms with van der Waals surface area (Å²) >= 11 is 5.72. The van der Waals surface area contributed by atoms with E-state index in [-0.39, 0.29) is 28.5 Å². The van der Waals surface area contributed by atoms with Crippen molar-refractivity contribution in [3.63, 3.8) is 0 Å². The Kier molecular flexibility index (Phi) is 9.28. The van der Waals surface area contributed by atoms with Gasteiger partial charge in [-0.05, 0) is 30.2 Å². The van der Waals surface area contributed by atoms with Gasteiger partial charge >= 0.3 is 0 Å². The molecule has 4 N–H and O–H groups in total. The first kappa shape index (κ1) is 25.4. The molecule has 0 aliphatic rings. The van der Waals surface area contributed by atoms with Gasteiger partial charge < -0.3 is 5.73 Å². The number of anilines is 2. The second-order valence-corrected chi connectivity index (χ2v) is 8.59. The zero-order valence-corrected chi connectivity index (χ0v) is 19.9. The van der Waals surface area contributed by atoms with E-state index in [1.54, 1.807) is 42.5 Å². The maximum Gasteiger partial charge on any atom is 0.258 e. The number of nitrogens with one attached hydrogen (secondary N) is 2. The lowest BCUT2D eigenvalue weighted by Gasteiger charge is -2.11. The molecule has 32 heavy (non-hydrogen) atoms. The number of fused-ring (bicyclic) bond motifs is 1. The largest absolute Gasteiger partial charge is 0.382 e. The van der Waals surface area contributed by atoms with E-state index >= 15 is 0 Å². The smallest absolute Gasteiger partial charge is 0.258 e. The van der Waals surface area contributed by atoms with Gasteiger partial charge in [0, 0.05) is 28.9 Å². The van der Waals surface area contributed by atoms with Crippen LogP contribution in [0.2, 0.25) is 0 Å². The maximum absolute atomic E-state index is 14.8. The summed E-state index contributed by atoms with van der Waals surface area (Å²) in [5.41, 5.74) is 7.24. The van der Waals surface area contributed by atoms with Gasteiger partial charge in [-0.3, -0.25) is 9.82 Å². The molecule has 0 aliphatic heterocycles. The molecule has 9 heteroatoms. The van der Waals surface area contributed by atoms with Gasteiger partial charge in [-0.1, -0.05) is 57.2 Å². The average molecular weight is 479 g/mol. The standard InChI is InChI=1S/C21H22ClFN4O2S.C2H6/c1-2-3-4-5-16(12-13-22)30(28,29)27-15-8-6-14(7-9-15)17-10-11-18-20(19(17)23)25-26-21(18)24;1-2/h3-4,6-12,27H,2,5,13H2,1H3,(H3,24,25,26);1-2H3/b4-3-,16-12+;. The number of nitrogen functional groups attached to an aromatic ring is 1. The third kappa shape index (κ3) is 5.89. The van der Waals surface area contributed by atoms with E-state index in [2.05, 4.69) is 14.9 Å². The first-order valence-electron chi connectivity index (χ1n) is 10.3. The van der Waals surface area contributed by atoms with Crippen LogP contribution in [0.15, 0.2) is 59.5 Å². The normalized spacial score (nSPS) is 12.1. The molecule has 0 bridgehead atoms. The van der Waals surface area contributed by atoms with Gasteiger partial charge in [0.25, 0.3) is 10.0 Å². The highest BCUT2D eigenvalue weighted by Crippen LogP contribution is 2.31. The predicted octanol–water partition coefficient (Wildman–Crippen LogP) is 6.20. The van der Waals surface area contributed by atoms with E-state index in [1.807, 2.05) is 26.8 Å². The van der Waals surface area contributed by atoms with Crippen LogP contribution in [0.3, 0.4) is 0 Å². The number of nitrogens with two attached hydrogens (primary N) is 1. The summed E-state index contributed by atoms with van der Waals surface area (Å²) in [5, 5.41) is 6.92. The third-order valence-corrected chi connectivity index (χ3v) is 6.21. The van der Waals surface area contributed by atoms with Crippen LogP contribution in [0.5, 0.6) is 0 Å². The summed E-state index contributed by atoms with van der Waals surface area (Å²) in [5.74, 6) is -0.149. The predicted molar refractivity (Wildman–Crippen MR) is 133 cm³/mol. The number of hydrogen-bond donors (Lipinski definition) is 3. The summed E-state index contributed by atoms with van der Waals surface area (Å²) in [6, 6.07) is 9.75. The van der Waals surface area contributed by atoms with Gasteiger partial charge in [0.2, 0.25) is 0 Å². The Morgan fingerprint density at radius 1 is 1.19 bits per heavy atom. The van der Waals surface area contributed by atoms with Crippen molar-refractivity contribution >= 4 is 44.0 Å². The topological polar surface area (TPSA) is 101 Å². The number of aromatic amines is 1. The quantitative estimate of drug-likeness (QED) is 0.265. The molecule has 3 aromatic rings. The van der Waals surface area contributed by atoms with E-state index in [1.165, 1.54) is 6.08 Å². The number of allylic oxidation sites excluding steroid dienone is 4. The molecule has 0 unspecified atom stereocenters. The lowest BCUT2D eigenvalue weighted by molar-refractivity contribution is 0.606. The van der Waals surface area contributed by atoms with Crippen molar-refractivity contribution in [2.24, 2.45) is 0 Å². The minimum Gasteiger partial charge on any atom is -0.382 e. The first-order valence-corrected chi connectivity index (χ1v) is 12.3. The van der Waals surface area contributed by atoms with Crippen LogP contribution < -0.4 is 10.5 Å². The van der Waals surface area contributed by atoms with Gasteiger partial charge in [0.05, 0.1) is 4.91 Å². The van der Waals surface area contributed by atoms with Crippen molar-refractivity contribution in [2.75, 3.05) is 16.3 Å². The van der Waals surface area contributed by atoms with Gasteiger partial charge in [-0.2, -0.15) is 5.10 Å². The molecule has 0 radical (unpaired) electrons. The first-order chi connectivity index (χ1) is 15.4. The van der Waals surface area contributed by atoms with Crippen LogP contribution in [0.1, 0.15) is 33.6 Å². The number of aromatic nitrogens is 2. The fourth-order valence-electron chi connectivity index (χ4n) is 2.99. The van der Waals surface area contributed by atoms with Crippen molar-refractivity contribution in [1.29, 1.82) is 0 Å². The molecule has 0 atom stereocenters. The monoisotopic (exact) mass is 478 g/mol. The summed E-state index contributed by atoms with van der Waals surface area (Å²) < 4.78 is 42.7. The second kappa shape index (κ2) is 11.7. The van der Waals surface area contributed by atoms with Crippen LogP contribution in [0.4, 0.5) is 15.9 Å². The molecule has 1 heterocycles. The number of sulfonamides is 1. The summed E-state index contributed by atoms with van der Waals surface area (Å²) in [7, 11) is -3.76. The SMILES string of the molecule is CC.CC/C=C\C/C(=C\CCl)S(=O)(=O)Nc1ccc(-c2ccc3c(N)n[nH]c3c2F)cc1. The zero-order valence-electron chi connectivity index (χ0n) is 18.3. The highest BCUT2D eigenvalue weighted by molar-refractivity contribution is 7.96. The van der Waals surface area contributed by atoms with Gasteiger partial charge in [0.15, 0.2) is 11.6 Å². The maximum atomic E-state index is 14.8.